The van der Waals surface area contributed by atoms with Gasteiger partial charge in [0, 0.05) is 52.4 Å². The lowest BCUT2D eigenvalue weighted by atomic mass is 10.0. The normalized spacial score (nSPS) is 18.3. The van der Waals surface area contributed by atoms with Gasteiger partial charge >= 0.3 is 0 Å². The van der Waals surface area contributed by atoms with E-state index in [0.717, 1.165) is 52.1 Å². The van der Waals surface area contributed by atoms with Gasteiger partial charge in [0.1, 0.15) is 6.04 Å². The highest BCUT2D eigenvalue weighted by Crippen LogP contribution is 2.12. The molecule has 1 heterocycles. The standard InChI is InChI=1S/C24H50N6O2/c1-3-5-6-7-8-9-10-11-12-22(29-23(31)21(25)4-2)24(32)30-19-17-27-15-13-26-14-16-28-18-20-30/h21-22,26-28H,3-20,25H2,1-2H3,(H,29,31)/t21-,22-/m0/s1. The zero-order valence-corrected chi connectivity index (χ0v) is 20.7. The monoisotopic (exact) mass is 454 g/mol. The first-order chi connectivity index (χ1) is 15.6. The number of hydrogen-bond donors (Lipinski definition) is 5. The molecule has 32 heavy (non-hydrogen) atoms. The summed E-state index contributed by atoms with van der Waals surface area (Å²) < 4.78 is 0. The third kappa shape index (κ3) is 13.4. The van der Waals surface area contributed by atoms with Crippen molar-refractivity contribution in [2.75, 3.05) is 52.4 Å². The summed E-state index contributed by atoms with van der Waals surface area (Å²) >= 11 is 0. The van der Waals surface area contributed by atoms with Gasteiger partial charge < -0.3 is 31.9 Å². The topological polar surface area (TPSA) is 112 Å². The van der Waals surface area contributed by atoms with Crippen molar-refractivity contribution in [2.45, 2.75) is 90.1 Å². The Morgan fingerprint density at radius 2 is 1.31 bits per heavy atom. The summed E-state index contributed by atoms with van der Waals surface area (Å²) in [5.74, 6) is -0.203. The number of carbonyl (C=O) groups is 2. The largest absolute Gasteiger partial charge is 0.343 e. The minimum Gasteiger partial charge on any atom is -0.343 e. The third-order valence-electron chi connectivity index (χ3n) is 6.12. The molecule has 8 heteroatoms. The Kier molecular flexibility index (Phi) is 17.3. The average Bonchev–Trinajstić information content (AvgIpc) is 2.79. The summed E-state index contributed by atoms with van der Waals surface area (Å²) in [6.07, 6.45) is 10.9. The van der Waals surface area contributed by atoms with Crippen LogP contribution < -0.4 is 27.0 Å². The van der Waals surface area contributed by atoms with Gasteiger partial charge in [-0.1, -0.05) is 65.2 Å². The summed E-state index contributed by atoms with van der Waals surface area (Å²) in [5.41, 5.74) is 5.93. The Morgan fingerprint density at radius 1 is 0.812 bits per heavy atom. The predicted molar refractivity (Wildman–Crippen MR) is 133 cm³/mol. The Balaban J connectivity index is 2.61. The van der Waals surface area contributed by atoms with Crippen LogP contribution in [0.1, 0.15) is 78.1 Å². The summed E-state index contributed by atoms with van der Waals surface area (Å²) in [5, 5.41) is 13.1. The van der Waals surface area contributed by atoms with Gasteiger partial charge in [0.2, 0.25) is 11.8 Å². The van der Waals surface area contributed by atoms with E-state index in [1.54, 1.807) is 0 Å². The number of hydrogen-bond acceptors (Lipinski definition) is 6. The van der Waals surface area contributed by atoms with Crippen LogP contribution in [0.5, 0.6) is 0 Å². The highest BCUT2D eigenvalue weighted by molar-refractivity contribution is 5.89. The Bertz CT molecular complexity index is 479. The summed E-state index contributed by atoms with van der Waals surface area (Å²) in [7, 11) is 0. The second-order valence-corrected chi connectivity index (χ2v) is 8.91. The molecule has 8 nitrogen and oxygen atoms in total. The number of amides is 2. The molecule has 0 aromatic heterocycles. The van der Waals surface area contributed by atoms with Gasteiger partial charge in [-0.3, -0.25) is 9.59 Å². The summed E-state index contributed by atoms with van der Waals surface area (Å²) in [4.78, 5) is 27.8. The molecule has 0 aromatic rings. The van der Waals surface area contributed by atoms with E-state index in [-0.39, 0.29) is 11.8 Å². The maximum atomic E-state index is 13.4. The van der Waals surface area contributed by atoms with E-state index in [4.69, 9.17) is 5.73 Å². The van der Waals surface area contributed by atoms with Crippen molar-refractivity contribution in [3.05, 3.63) is 0 Å². The third-order valence-corrected chi connectivity index (χ3v) is 6.12. The van der Waals surface area contributed by atoms with Gasteiger partial charge in [0.25, 0.3) is 0 Å². The van der Waals surface area contributed by atoms with Crippen molar-refractivity contribution in [1.82, 2.24) is 26.2 Å². The smallest absolute Gasteiger partial charge is 0.245 e. The lowest BCUT2D eigenvalue weighted by Crippen LogP contribution is -2.54. The first kappa shape index (κ1) is 28.8. The average molecular weight is 455 g/mol. The van der Waals surface area contributed by atoms with E-state index in [1.807, 2.05) is 11.8 Å². The Labute approximate surface area is 196 Å². The van der Waals surface area contributed by atoms with Gasteiger partial charge in [0.05, 0.1) is 6.04 Å². The van der Waals surface area contributed by atoms with Gasteiger partial charge in [0.15, 0.2) is 0 Å². The Morgan fingerprint density at radius 3 is 1.84 bits per heavy atom. The maximum absolute atomic E-state index is 13.4. The van der Waals surface area contributed by atoms with Crippen LogP contribution in [-0.2, 0) is 9.59 Å². The predicted octanol–water partition coefficient (Wildman–Crippen LogP) is 1.35. The molecule has 0 spiro atoms. The Hall–Kier alpha value is -1.22. The van der Waals surface area contributed by atoms with Crippen molar-refractivity contribution in [3.63, 3.8) is 0 Å². The van der Waals surface area contributed by atoms with Crippen LogP contribution >= 0.6 is 0 Å². The molecule has 1 aliphatic heterocycles. The molecule has 2 amide bonds. The highest BCUT2D eigenvalue weighted by Gasteiger charge is 2.26. The van der Waals surface area contributed by atoms with Gasteiger partial charge in [-0.25, -0.2) is 0 Å². The molecular formula is C24H50N6O2. The van der Waals surface area contributed by atoms with E-state index in [1.165, 1.54) is 38.5 Å². The molecule has 0 bridgehead atoms. The SMILES string of the molecule is CCCCCCCCCC[C@H](NC(=O)[C@@H](N)CC)C(=O)N1CCNCCNCCNCC1. The molecule has 0 unspecified atom stereocenters. The highest BCUT2D eigenvalue weighted by atomic mass is 16.2. The fraction of sp³-hybridized carbons (Fsp3) is 0.917. The molecule has 188 valence electrons. The van der Waals surface area contributed by atoms with E-state index in [2.05, 4.69) is 28.2 Å². The number of nitrogens with two attached hydrogens (primary N) is 1. The molecule has 1 aliphatic rings. The fourth-order valence-corrected chi connectivity index (χ4v) is 3.91. The van der Waals surface area contributed by atoms with Crippen LogP contribution in [-0.4, -0.2) is 81.2 Å². The van der Waals surface area contributed by atoms with E-state index >= 15 is 0 Å². The molecular weight excluding hydrogens is 404 g/mol. The second kappa shape index (κ2) is 19.3. The zero-order valence-electron chi connectivity index (χ0n) is 20.7. The lowest BCUT2D eigenvalue weighted by molar-refractivity contribution is -0.137. The summed E-state index contributed by atoms with van der Waals surface area (Å²) in [6, 6.07) is -1.05. The van der Waals surface area contributed by atoms with Crippen LogP contribution in [0.2, 0.25) is 0 Å². The van der Waals surface area contributed by atoms with Crippen molar-refractivity contribution in [2.24, 2.45) is 5.73 Å². The second-order valence-electron chi connectivity index (χ2n) is 8.91. The minimum atomic E-state index is -0.564. The van der Waals surface area contributed by atoms with Gasteiger partial charge in [-0.05, 0) is 12.8 Å². The molecule has 0 radical (unpaired) electrons. The molecule has 2 atom stereocenters. The molecule has 0 aliphatic carbocycles. The molecule has 0 aromatic carbocycles. The van der Waals surface area contributed by atoms with Crippen molar-refractivity contribution < 1.29 is 9.59 Å². The number of carbonyl (C=O) groups excluding carboxylic acids is 2. The first-order valence-electron chi connectivity index (χ1n) is 13.1. The van der Waals surface area contributed by atoms with E-state index < -0.39 is 12.1 Å². The number of unbranched alkanes of at least 4 members (excludes halogenated alkanes) is 7. The quantitative estimate of drug-likeness (QED) is 0.269. The van der Waals surface area contributed by atoms with Gasteiger partial charge in [-0.2, -0.15) is 0 Å². The molecule has 1 saturated heterocycles. The molecule has 0 saturated carbocycles. The van der Waals surface area contributed by atoms with Crippen molar-refractivity contribution >= 4 is 11.8 Å². The van der Waals surface area contributed by atoms with E-state index in [9.17, 15) is 9.59 Å². The molecule has 1 rings (SSSR count). The molecule has 6 N–H and O–H groups in total. The van der Waals surface area contributed by atoms with Crippen molar-refractivity contribution in [3.8, 4) is 0 Å². The first-order valence-corrected chi connectivity index (χ1v) is 13.1. The van der Waals surface area contributed by atoms with Gasteiger partial charge in [-0.15, -0.1) is 0 Å². The number of nitrogens with zero attached hydrogens (tertiary/aromatic N) is 1. The zero-order chi connectivity index (χ0) is 23.4. The van der Waals surface area contributed by atoms with Crippen LogP contribution in [0.25, 0.3) is 0 Å². The van der Waals surface area contributed by atoms with Crippen molar-refractivity contribution in [1.29, 1.82) is 0 Å². The van der Waals surface area contributed by atoms with Crippen LogP contribution in [0, 0.1) is 0 Å². The van der Waals surface area contributed by atoms with E-state index in [0.29, 0.717) is 25.9 Å². The van der Waals surface area contributed by atoms with Crippen LogP contribution in [0.4, 0.5) is 0 Å². The molecule has 1 fully saturated rings. The minimum absolute atomic E-state index is 0.0170. The van der Waals surface area contributed by atoms with Crippen LogP contribution in [0.3, 0.4) is 0 Å². The van der Waals surface area contributed by atoms with Crippen LogP contribution in [0.15, 0.2) is 0 Å². The fourth-order valence-electron chi connectivity index (χ4n) is 3.91. The number of nitrogens with one attached hydrogen (secondary N) is 4. The lowest BCUT2D eigenvalue weighted by Gasteiger charge is -2.29. The maximum Gasteiger partial charge on any atom is 0.245 e. The summed E-state index contributed by atoms with van der Waals surface area (Å²) in [6.45, 7) is 10.5. The number of rotatable bonds is 13.